The van der Waals surface area contributed by atoms with Crippen LogP contribution in [0.4, 0.5) is 5.69 Å². The van der Waals surface area contributed by atoms with Crippen LogP contribution >= 0.6 is 23.2 Å². The lowest BCUT2D eigenvalue weighted by molar-refractivity contribution is -0.141. The van der Waals surface area contributed by atoms with Gasteiger partial charge in [0, 0.05) is 28.3 Å². The van der Waals surface area contributed by atoms with Gasteiger partial charge in [-0.3, -0.25) is 14.4 Å². The van der Waals surface area contributed by atoms with Crippen LogP contribution in [0.15, 0.2) is 30.4 Å². The number of rotatable bonds is 7. The fraction of sp³-hybridized carbons (Fsp3) is 0.621. The van der Waals surface area contributed by atoms with Crippen molar-refractivity contribution >= 4 is 46.6 Å². The number of hydrogen-bond donors (Lipinski definition) is 2. The Morgan fingerprint density at radius 1 is 1.13 bits per heavy atom. The fourth-order valence-electron chi connectivity index (χ4n) is 6.80. The molecule has 3 aliphatic heterocycles. The summed E-state index contributed by atoms with van der Waals surface area (Å²) in [5.41, 5.74) is -0.717. The number of carbonyl (C=O) groups is 3. The first kappa shape index (κ1) is 27.5. The summed E-state index contributed by atoms with van der Waals surface area (Å²) < 4.78 is 6.43. The third kappa shape index (κ3) is 4.75. The van der Waals surface area contributed by atoms with Gasteiger partial charge in [0.15, 0.2) is 0 Å². The van der Waals surface area contributed by atoms with Crippen molar-refractivity contribution in [2.75, 3.05) is 11.9 Å². The number of halogens is 2. The molecule has 1 aromatic rings. The Labute approximate surface area is 234 Å². The lowest BCUT2D eigenvalue weighted by atomic mass is 9.73. The highest BCUT2D eigenvalue weighted by Gasteiger charge is 2.72. The molecule has 2 bridgehead atoms. The van der Waals surface area contributed by atoms with Crippen LogP contribution in [-0.2, 0) is 19.1 Å². The summed E-state index contributed by atoms with van der Waals surface area (Å²) >= 11 is 12.2. The van der Waals surface area contributed by atoms with E-state index < -0.39 is 29.6 Å². The summed E-state index contributed by atoms with van der Waals surface area (Å²) in [4.78, 5) is 43.2. The van der Waals surface area contributed by atoms with Gasteiger partial charge in [-0.15, -0.1) is 0 Å². The van der Waals surface area contributed by atoms with E-state index in [0.29, 0.717) is 40.0 Å². The summed E-state index contributed by atoms with van der Waals surface area (Å²) in [5.74, 6) is -1.07. The molecule has 1 aliphatic carbocycles. The monoisotopic (exact) mass is 561 g/mol. The van der Waals surface area contributed by atoms with Gasteiger partial charge in [0.05, 0.1) is 17.9 Å². The molecule has 38 heavy (non-hydrogen) atoms. The maximum Gasteiger partial charge on any atom is 0.246 e. The SMILES string of the molecule is CC(C)CCN1C(=O)[C@@H]2[C@H](C(=O)Nc3cc(Cl)cc(Cl)c3)[C@@H]3C=C[C@@]2(O3)[C@@H]1C(=O)N[C@@H]1CCC[C@H](C)[C@H]1C. The number of fused-ring (bicyclic) bond motifs is 1. The van der Waals surface area contributed by atoms with Gasteiger partial charge in [-0.25, -0.2) is 0 Å². The molecule has 3 fully saturated rings. The Morgan fingerprint density at radius 2 is 1.84 bits per heavy atom. The molecular weight excluding hydrogens is 525 g/mol. The Hall–Kier alpha value is -2.09. The normalized spacial score (nSPS) is 35.6. The third-order valence-corrected chi connectivity index (χ3v) is 9.47. The van der Waals surface area contributed by atoms with Crippen LogP contribution < -0.4 is 10.6 Å². The number of carbonyl (C=O) groups excluding carboxylic acids is 3. The number of nitrogens with zero attached hydrogens (tertiary/aromatic N) is 1. The molecule has 206 valence electrons. The van der Waals surface area contributed by atoms with Crippen LogP contribution in [0.25, 0.3) is 0 Å². The van der Waals surface area contributed by atoms with Crippen molar-refractivity contribution in [1.29, 1.82) is 0 Å². The predicted molar refractivity (Wildman–Crippen MR) is 148 cm³/mol. The number of ether oxygens (including phenoxy) is 1. The van der Waals surface area contributed by atoms with E-state index in [9.17, 15) is 14.4 Å². The van der Waals surface area contributed by atoms with Gasteiger partial charge in [0.1, 0.15) is 11.6 Å². The largest absolute Gasteiger partial charge is 0.359 e. The van der Waals surface area contributed by atoms with Crippen molar-refractivity contribution < 1.29 is 19.1 Å². The van der Waals surface area contributed by atoms with Crippen molar-refractivity contribution in [3.63, 3.8) is 0 Å². The zero-order valence-electron chi connectivity index (χ0n) is 22.4. The molecule has 3 amide bonds. The van der Waals surface area contributed by atoms with E-state index in [1.54, 1.807) is 23.1 Å². The molecule has 0 aromatic heterocycles. The minimum Gasteiger partial charge on any atom is -0.359 e. The van der Waals surface area contributed by atoms with E-state index >= 15 is 0 Å². The Morgan fingerprint density at radius 3 is 2.53 bits per heavy atom. The molecule has 1 spiro atoms. The number of likely N-dealkylation sites (tertiary alicyclic amines) is 1. The molecular formula is C29H37Cl2N3O4. The van der Waals surface area contributed by atoms with Crippen LogP contribution in [0.2, 0.25) is 10.0 Å². The molecule has 2 N–H and O–H groups in total. The molecule has 9 heteroatoms. The average Bonchev–Trinajstić information content (AvgIpc) is 3.47. The zero-order valence-corrected chi connectivity index (χ0v) is 23.9. The van der Waals surface area contributed by atoms with Crippen LogP contribution in [-0.4, -0.2) is 53.0 Å². The first-order valence-corrected chi connectivity index (χ1v) is 14.5. The lowest BCUT2D eigenvalue weighted by Crippen LogP contribution is -2.58. The average molecular weight is 563 g/mol. The highest BCUT2D eigenvalue weighted by molar-refractivity contribution is 6.35. The molecule has 4 aliphatic rings. The Bertz CT molecular complexity index is 1140. The van der Waals surface area contributed by atoms with Crippen LogP contribution in [0.1, 0.15) is 53.4 Å². The molecule has 1 saturated carbocycles. The molecule has 7 nitrogen and oxygen atoms in total. The number of anilines is 1. The maximum absolute atomic E-state index is 14.0. The minimum atomic E-state index is -1.17. The van der Waals surface area contributed by atoms with Crippen LogP contribution in [0.3, 0.4) is 0 Å². The van der Waals surface area contributed by atoms with Gasteiger partial charge in [0.25, 0.3) is 0 Å². The topological polar surface area (TPSA) is 87.7 Å². The minimum absolute atomic E-state index is 0.0537. The van der Waals surface area contributed by atoms with Crippen LogP contribution in [0.5, 0.6) is 0 Å². The lowest BCUT2D eigenvalue weighted by Gasteiger charge is -2.38. The van der Waals surface area contributed by atoms with Crippen molar-refractivity contribution in [1.82, 2.24) is 10.2 Å². The molecule has 1 aromatic carbocycles. The highest BCUT2D eigenvalue weighted by atomic mass is 35.5. The molecule has 0 radical (unpaired) electrons. The second-order valence-corrected chi connectivity index (χ2v) is 12.8. The number of nitrogens with one attached hydrogen (secondary N) is 2. The van der Waals surface area contributed by atoms with Gasteiger partial charge in [0.2, 0.25) is 17.7 Å². The predicted octanol–water partition coefficient (Wildman–Crippen LogP) is 5.07. The molecule has 2 saturated heterocycles. The molecule has 8 atom stereocenters. The quantitative estimate of drug-likeness (QED) is 0.455. The van der Waals surface area contributed by atoms with Gasteiger partial charge in [-0.2, -0.15) is 0 Å². The third-order valence-electron chi connectivity index (χ3n) is 9.04. The van der Waals surface area contributed by atoms with E-state index in [1.165, 1.54) is 0 Å². The fourth-order valence-corrected chi connectivity index (χ4v) is 7.33. The number of hydrogen-bond acceptors (Lipinski definition) is 4. The van der Waals surface area contributed by atoms with Crippen molar-refractivity contribution in [2.45, 2.75) is 77.2 Å². The van der Waals surface area contributed by atoms with E-state index in [0.717, 1.165) is 25.7 Å². The second kappa shape index (κ2) is 10.5. The highest BCUT2D eigenvalue weighted by Crippen LogP contribution is 2.55. The van der Waals surface area contributed by atoms with Gasteiger partial charge < -0.3 is 20.3 Å². The first-order valence-electron chi connectivity index (χ1n) is 13.8. The standard InChI is InChI=1S/C29H37Cl2N3O4/c1-15(2)9-11-34-25(27(36)33-21-7-5-6-16(3)17(21)4)29-10-8-22(38-29)23(24(29)28(34)37)26(35)32-20-13-18(30)12-19(31)14-20/h8,10,12-17,21-25H,5-7,9,11H2,1-4H3,(H,32,35)(H,33,36)/t16-,17+,21+,22-,23+,24-,25-,29-/m0/s1. The summed E-state index contributed by atoms with van der Waals surface area (Å²) in [5, 5.41) is 6.95. The summed E-state index contributed by atoms with van der Waals surface area (Å²) in [6, 6.07) is 4.04. The molecule has 0 unspecified atom stereocenters. The van der Waals surface area contributed by atoms with E-state index in [-0.39, 0.29) is 23.8 Å². The van der Waals surface area contributed by atoms with Crippen molar-refractivity contribution in [3.05, 3.63) is 40.4 Å². The van der Waals surface area contributed by atoms with Gasteiger partial charge in [-0.05, 0) is 48.8 Å². The Kier molecular flexibility index (Phi) is 7.57. The van der Waals surface area contributed by atoms with Gasteiger partial charge in [-0.1, -0.05) is 75.9 Å². The zero-order chi connectivity index (χ0) is 27.4. The Balaban J connectivity index is 1.44. The number of benzene rings is 1. The van der Waals surface area contributed by atoms with E-state index in [2.05, 4.69) is 38.3 Å². The summed E-state index contributed by atoms with van der Waals surface area (Å²) in [6.07, 6.45) is 6.99. The summed E-state index contributed by atoms with van der Waals surface area (Å²) in [6.45, 7) is 9.03. The maximum atomic E-state index is 14.0. The number of amides is 3. The first-order chi connectivity index (χ1) is 18.0. The van der Waals surface area contributed by atoms with E-state index in [1.807, 2.05) is 12.2 Å². The molecule has 5 rings (SSSR count). The van der Waals surface area contributed by atoms with Crippen LogP contribution in [0, 0.1) is 29.6 Å². The molecule has 3 heterocycles. The van der Waals surface area contributed by atoms with Gasteiger partial charge >= 0.3 is 0 Å². The second-order valence-electron chi connectivity index (χ2n) is 11.9. The smallest absolute Gasteiger partial charge is 0.246 e. The van der Waals surface area contributed by atoms with Crippen molar-refractivity contribution in [3.8, 4) is 0 Å². The summed E-state index contributed by atoms with van der Waals surface area (Å²) in [7, 11) is 0. The van der Waals surface area contributed by atoms with Crippen molar-refractivity contribution in [2.24, 2.45) is 29.6 Å². The van der Waals surface area contributed by atoms with E-state index in [4.69, 9.17) is 27.9 Å².